The second kappa shape index (κ2) is 5.17. The summed E-state index contributed by atoms with van der Waals surface area (Å²) in [5.74, 6) is -0.511. The molecular formula is C15H15F2N. The first-order chi connectivity index (χ1) is 8.58. The molecular weight excluding hydrogens is 232 g/mol. The summed E-state index contributed by atoms with van der Waals surface area (Å²) in [5, 5.41) is 3.19. The Hall–Kier alpha value is -1.90. The van der Waals surface area contributed by atoms with Gasteiger partial charge < -0.3 is 5.32 Å². The van der Waals surface area contributed by atoms with Crippen LogP contribution in [0.4, 0.5) is 14.5 Å². The summed E-state index contributed by atoms with van der Waals surface area (Å²) in [6.07, 6.45) is 0. The van der Waals surface area contributed by atoms with Crippen molar-refractivity contribution in [3.05, 3.63) is 65.2 Å². The highest BCUT2D eigenvalue weighted by atomic mass is 19.1. The van der Waals surface area contributed by atoms with Crippen molar-refractivity contribution in [1.29, 1.82) is 0 Å². The van der Waals surface area contributed by atoms with Crippen molar-refractivity contribution in [1.82, 2.24) is 0 Å². The van der Waals surface area contributed by atoms with Gasteiger partial charge in [0.15, 0.2) is 0 Å². The highest BCUT2D eigenvalue weighted by Gasteiger charge is 2.09. The van der Waals surface area contributed by atoms with Gasteiger partial charge in [-0.25, -0.2) is 8.78 Å². The zero-order valence-electron chi connectivity index (χ0n) is 10.4. The molecule has 0 aromatic heterocycles. The Morgan fingerprint density at radius 2 is 1.78 bits per heavy atom. The van der Waals surface area contributed by atoms with Gasteiger partial charge in [0.1, 0.15) is 11.6 Å². The van der Waals surface area contributed by atoms with Crippen molar-refractivity contribution in [3.8, 4) is 0 Å². The molecule has 1 atom stereocenters. The average molecular weight is 247 g/mol. The fraction of sp³-hybridized carbons (Fsp3) is 0.200. The maximum atomic E-state index is 13.4. The van der Waals surface area contributed by atoms with Crippen molar-refractivity contribution in [2.24, 2.45) is 0 Å². The smallest absolute Gasteiger partial charge is 0.128 e. The SMILES string of the molecule is Cc1c(F)cccc1NC(C)c1cccc(F)c1. The maximum absolute atomic E-state index is 13.4. The van der Waals surface area contributed by atoms with E-state index in [1.54, 1.807) is 19.1 Å². The van der Waals surface area contributed by atoms with Crippen LogP contribution in [0.15, 0.2) is 42.5 Å². The highest BCUT2D eigenvalue weighted by Crippen LogP contribution is 2.23. The third-order valence-corrected chi connectivity index (χ3v) is 2.99. The van der Waals surface area contributed by atoms with Gasteiger partial charge >= 0.3 is 0 Å². The fourth-order valence-corrected chi connectivity index (χ4v) is 1.86. The zero-order valence-corrected chi connectivity index (χ0v) is 10.4. The molecule has 0 aliphatic heterocycles. The van der Waals surface area contributed by atoms with Gasteiger partial charge in [0, 0.05) is 17.3 Å². The maximum Gasteiger partial charge on any atom is 0.128 e. The molecule has 0 heterocycles. The van der Waals surface area contributed by atoms with Gasteiger partial charge in [-0.15, -0.1) is 0 Å². The van der Waals surface area contributed by atoms with E-state index in [1.807, 2.05) is 19.1 Å². The highest BCUT2D eigenvalue weighted by molar-refractivity contribution is 5.52. The van der Waals surface area contributed by atoms with Crippen molar-refractivity contribution in [2.45, 2.75) is 19.9 Å². The van der Waals surface area contributed by atoms with Crippen LogP contribution in [0.5, 0.6) is 0 Å². The lowest BCUT2D eigenvalue weighted by Gasteiger charge is -2.17. The van der Waals surface area contributed by atoms with E-state index < -0.39 is 0 Å². The van der Waals surface area contributed by atoms with Gasteiger partial charge in [0.2, 0.25) is 0 Å². The second-order valence-corrected chi connectivity index (χ2v) is 4.33. The Bertz CT molecular complexity index is 552. The zero-order chi connectivity index (χ0) is 13.1. The average Bonchev–Trinajstić information content (AvgIpc) is 2.35. The Balaban J connectivity index is 2.21. The van der Waals surface area contributed by atoms with Crippen molar-refractivity contribution < 1.29 is 8.78 Å². The van der Waals surface area contributed by atoms with E-state index in [-0.39, 0.29) is 17.7 Å². The number of nitrogens with one attached hydrogen (secondary N) is 1. The quantitative estimate of drug-likeness (QED) is 0.845. The number of anilines is 1. The Labute approximate surface area is 105 Å². The molecule has 1 N–H and O–H groups in total. The molecule has 2 rings (SSSR count). The van der Waals surface area contributed by atoms with Crippen LogP contribution >= 0.6 is 0 Å². The van der Waals surface area contributed by atoms with Gasteiger partial charge in [-0.2, -0.15) is 0 Å². The monoisotopic (exact) mass is 247 g/mol. The molecule has 0 saturated heterocycles. The molecule has 0 saturated carbocycles. The molecule has 0 amide bonds. The summed E-state index contributed by atoms with van der Waals surface area (Å²) >= 11 is 0. The largest absolute Gasteiger partial charge is 0.378 e. The van der Waals surface area contributed by atoms with Crippen LogP contribution in [0.3, 0.4) is 0 Å². The van der Waals surface area contributed by atoms with Crippen LogP contribution in [0.25, 0.3) is 0 Å². The van der Waals surface area contributed by atoms with Gasteiger partial charge in [0.25, 0.3) is 0 Å². The molecule has 3 heteroatoms. The molecule has 1 unspecified atom stereocenters. The van der Waals surface area contributed by atoms with E-state index in [2.05, 4.69) is 5.32 Å². The molecule has 18 heavy (non-hydrogen) atoms. The molecule has 0 aliphatic rings. The van der Waals surface area contributed by atoms with Crippen molar-refractivity contribution >= 4 is 5.69 Å². The number of hydrogen-bond donors (Lipinski definition) is 1. The normalized spacial score (nSPS) is 12.2. The van der Waals surface area contributed by atoms with Crippen LogP contribution in [-0.2, 0) is 0 Å². The first kappa shape index (κ1) is 12.6. The van der Waals surface area contributed by atoms with Crippen LogP contribution in [0.1, 0.15) is 24.1 Å². The van der Waals surface area contributed by atoms with Crippen LogP contribution in [-0.4, -0.2) is 0 Å². The molecule has 0 aliphatic carbocycles. The molecule has 0 spiro atoms. The minimum atomic E-state index is -0.267. The topological polar surface area (TPSA) is 12.0 Å². The van der Waals surface area contributed by atoms with Gasteiger partial charge in [-0.1, -0.05) is 18.2 Å². The lowest BCUT2D eigenvalue weighted by Crippen LogP contribution is -2.08. The number of benzene rings is 2. The van der Waals surface area contributed by atoms with Crippen molar-refractivity contribution in [3.63, 3.8) is 0 Å². The van der Waals surface area contributed by atoms with Crippen LogP contribution < -0.4 is 5.32 Å². The van der Waals surface area contributed by atoms with E-state index >= 15 is 0 Å². The van der Waals surface area contributed by atoms with E-state index in [1.165, 1.54) is 18.2 Å². The Morgan fingerprint density at radius 3 is 2.50 bits per heavy atom. The minimum Gasteiger partial charge on any atom is -0.378 e. The minimum absolute atomic E-state index is 0.0822. The lowest BCUT2D eigenvalue weighted by atomic mass is 10.1. The second-order valence-electron chi connectivity index (χ2n) is 4.33. The summed E-state index contributed by atoms with van der Waals surface area (Å²) in [4.78, 5) is 0. The van der Waals surface area contributed by atoms with Crippen LogP contribution in [0.2, 0.25) is 0 Å². The number of hydrogen-bond acceptors (Lipinski definition) is 1. The summed E-state index contributed by atoms with van der Waals surface area (Å²) in [5.41, 5.74) is 2.13. The third kappa shape index (κ3) is 2.67. The predicted octanol–water partition coefficient (Wildman–Crippen LogP) is 4.45. The number of halogens is 2. The van der Waals surface area contributed by atoms with E-state index in [4.69, 9.17) is 0 Å². The third-order valence-electron chi connectivity index (χ3n) is 2.99. The summed E-state index contributed by atoms with van der Waals surface area (Å²) < 4.78 is 26.5. The Kier molecular flexibility index (Phi) is 3.60. The Morgan fingerprint density at radius 1 is 1.06 bits per heavy atom. The van der Waals surface area contributed by atoms with E-state index in [0.29, 0.717) is 5.56 Å². The molecule has 0 bridgehead atoms. The van der Waals surface area contributed by atoms with Crippen LogP contribution in [0, 0.1) is 18.6 Å². The first-order valence-electron chi connectivity index (χ1n) is 5.85. The lowest BCUT2D eigenvalue weighted by molar-refractivity contribution is 0.617. The summed E-state index contributed by atoms with van der Waals surface area (Å²) in [6.45, 7) is 3.63. The molecule has 2 aromatic rings. The fourth-order valence-electron chi connectivity index (χ4n) is 1.86. The molecule has 0 fully saturated rings. The molecule has 94 valence electrons. The molecule has 0 radical (unpaired) electrons. The standard InChI is InChI=1S/C15H15F2N/c1-10-14(17)7-4-8-15(10)18-11(2)12-5-3-6-13(16)9-12/h3-9,11,18H,1-2H3. The first-order valence-corrected chi connectivity index (χ1v) is 5.85. The molecule has 2 aromatic carbocycles. The van der Waals surface area contributed by atoms with E-state index in [9.17, 15) is 8.78 Å². The van der Waals surface area contributed by atoms with Crippen molar-refractivity contribution in [2.75, 3.05) is 5.32 Å². The number of rotatable bonds is 3. The van der Waals surface area contributed by atoms with Gasteiger partial charge in [0.05, 0.1) is 0 Å². The van der Waals surface area contributed by atoms with E-state index in [0.717, 1.165) is 11.3 Å². The van der Waals surface area contributed by atoms with Gasteiger partial charge in [-0.3, -0.25) is 0 Å². The summed E-state index contributed by atoms with van der Waals surface area (Å²) in [6, 6.07) is 11.2. The predicted molar refractivity (Wildman–Crippen MR) is 69.6 cm³/mol. The van der Waals surface area contributed by atoms with Gasteiger partial charge in [-0.05, 0) is 43.7 Å². The molecule has 1 nitrogen and oxygen atoms in total. The summed E-state index contributed by atoms with van der Waals surface area (Å²) in [7, 11) is 0.